The Morgan fingerprint density at radius 2 is 1.68 bits per heavy atom. The number of benzene rings is 2. The molecule has 0 aliphatic rings. The summed E-state index contributed by atoms with van der Waals surface area (Å²) in [5.41, 5.74) is -1.69. The molecule has 0 fully saturated rings. The van der Waals surface area contributed by atoms with Gasteiger partial charge in [0.05, 0.1) is 10.6 Å². The lowest BCUT2D eigenvalue weighted by Gasteiger charge is -2.25. The van der Waals surface area contributed by atoms with Gasteiger partial charge in [-0.25, -0.2) is 17.2 Å². The Morgan fingerprint density at radius 3 is 2.24 bits per heavy atom. The smallest absolute Gasteiger partial charge is 0.268 e. The Balaban J connectivity index is 2.21. The van der Waals surface area contributed by atoms with Gasteiger partial charge in [-0.1, -0.05) is 0 Å². The number of rotatable bonds is 5. The molecule has 134 valence electrons. The van der Waals surface area contributed by atoms with Gasteiger partial charge in [0.1, 0.15) is 17.4 Å². The highest BCUT2D eigenvalue weighted by Crippen LogP contribution is 2.23. The summed E-state index contributed by atoms with van der Waals surface area (Å²) in [6.45, 7) is 2.90. The van der Waals surface area contributed by atoms with Gasteiger partial charge < -0.3 is 10.1 Å². The van der Waals surface area contributed by atoms with Crippen molar-refractivity contribution in [1.82, 2.24) is 0 Å². The second-order valence-electron chi connectivity index (χ2n) is 5.93. The normalized spacial score (nSPS) is 11.9. The SMILES string of the molecule is CC(C)(Oc1ccc(F)cc1)C(=O)Nc1cc(S(C)(=O)=O)ccc1F. The molecule has 0 saturated carbocycles. The molecule has 1 amide bonds. The van der Waals surface area contributed by atoms with Crippen LogP contribution in [0, 0.1) is 11.6 Å². The van der Waals surface area contributed by atoms with Gasteiger partial charge in [-0.2, -0.15) is 0 Å². The van der Waals surface area contributed by atoms with Crippen LogP contribution < -0.4 is 10.1 Å². The van der Waals surface area contributed by atoms with Crippen LogP contribution in [0.4, 0.5) is 14.5 Å². The fraction of sp³-hybridized carbons (Fsp3) is 0.235. The van der Waals surface area contributed by atoms with Gasteiger partial charge in [-0.15, -0.1) is 0 Å². The molecule has 0 saturated heterocycles. The second kappa shape index (κ2) is 6.79. The van der Waals surface area contributed by atoms with Crippen LogP contribution in [0.5, 0.6) is 5.75 Å². The molecule has 0 atom stereocenters. The van der Waals surface area contributed by atoms with Crippen LogP contribution in [0.15, 0.2) is 47.4 Å². The van der Waals surface area contributed by atoms with Gasteiger partial charge in [0.25, 0.3) is 5.91 Å². The van der Waals surface area contributed by atoms with Gasteiger partial charge in [-0.05, 0) is 56.3 Å². The molecular weight excluding hydrogens is 352 g/mol. The maximum absolute atomic E-state index is 13.9. The summed E-state index contributed by atoms with van der Waals surface area (Å²) in [6.07, 6.45) is 0.980. The van der Waals surface area contributed by atoms with Crippen LogP contribution >= 0.6 is 0 Å². The molecule has 0 spiro atoms. The fourth-order valence-corrected chi connectivity index (χ4v) is 2.59. The number of nitrogens with one attached hydrogen (secondary N) is 1. The second-order valence-corrected chi connectivity index (χ2v) is 7.95. The van der Waals surface area contributed by atoms with Crippen molar-refractivity contribution in [3.05, 3.63) is 54.1 Å². The number of hydrogen-bond acceptors (Lipinski definition) is 4. The Kier molecular flexibility index (Phi) is 5.12. The van der Waals surface area contributed by atoms with E-state index in [0.717, 1.165) is 24.5 Å². The van der Waals surface area contributed by atoms with Crippen LogP contribution in [0.1, 0.15) is 13.8 Å². The van der Waals surface area contributed by atoms with E-state index in [9.17, 15) is 22.0 Å². The number of hydrogen-bond donors (Lipinski definition) is 1. The highest BCUT2D eigenvalue weighted by atomic mass is 32.2. The third kappa shape index (κ3) is 4.76. The predicted octanol–water partition coefficient (Wildman–Crippen LogP) is 3.16. The lowest BCUT2D eigenvalue weighted by molar-refractivity contribution is -0.128. The average Bonchev–Trinajstić information content (AvgIpc) is 2.50. The van der Waals surface area contributed by atoms with Crippen LogP contribution in [-0.4, -0.2) is 26.2 Å². The van der Waals surface area contributed by atoms with Crippen molar-refractivity contribution in [1.29, 1.82) is 0 Å². The number of anilines is 1. The maximum Gasteiger partial charge on any atom is 0.268 e. The van der Waals surface area contributed by atoms with Crippen molar-refractivity contribution in [2.24, 2.45) is 0 Å². The van der Waals surface area contributed by atoms with Crippen molar-refractivity contribution in [2.75, 3.05) is 11.6 Å². The van der Waals surface area contributed by atoms with Gasteiger partial charge in [0, 0.05) is 6.26 Å². The Hall–Kier alpha value is -2.48. The Bertz CT molecular complexity index is 893. The Morgan fingerprint density at radius 1 is 1.08 bits per heavy atom. The molecule has 0 unspecified atom stereocenters. The molecule has 8 heteroatoms. The van der Waals surface area contributed by atoms with E-state index in [0.29, 0.717) is 0 Å². The summed E-state index contributed by atoms with van der Waals surface area (Å²) in [4.78, 5) is 12.3. The molecule has 0 aliphatic heterocycles. The molecule has 0 bridgehead atoms. The zero-order valence-corrected chi connectivity index (χ0v) is 14.7. The summed E-state index contributed by atoms with van der Waals surface area (Å²) in [5, 5.41) is 2.32. The number of carbonyl (C=O) groups is 1. The first kappa shape index (κ1) is 18.9. The number of amides is 1. The quantitative estimate of drug-likeness (QED) is 0.822. The van der Waals surface area contributed by atoms with Crippen molar-refractivity contribution in [3.63, 3.8) is 0 Å². The van der Waals surface area contributed by atoms with E-state index in [1.54, 1.807) is 0 Å². The van der Waals surface area contributed by atoms with E-state index >= 15 is 0 Å². The van der Waals surface area contributed by atoms with E-state index in [2.05, 4.69) is 5.32 Å². The van der Waals surface area contributed by atoms with E-state index in [1.807, 2.05) is 0 Å². The first-order valence-corrected chi connectivity index (χ1v) is 9.14. The summed E-state index contributed by atoms with van der Waals surface area (Å²) in [5.74, 6) is -1.67. The van der Waals surface area contributed by atoms with Crippen LogP contribution in [0.3, 0.4) is 0 Å². The Labute approximate surface area is 144 Å². The molecule has 5 nitrogen and oxygen atoms in total. The average molecular weight is 369 g/mol. The molecule has 25 heavy (non-hydrogen) atoms. The number of carbonyl (C=O) groups excluding carboxylic acids is 1. The van der Waals surface area contributed by atoms with Gasteiger partial charge >= 0.3 is 0 Å². The molecule has 2 aromatic rings. The molecule has 0 aromatic heterocycles. The highest BCUT2D eigenvalue weighted by molar-refractivity contribution is 7.90. The predicted molar refractivity (Wildman–Crippen MR) is 89.2 cm³/mol. The van der Waals surface area contributed by atoms with E-state index in [1.165, 1.54) is 38.1 Å². The lowest BCUT2D eigenvalue weighted by atomic mass is 10.1. The van der Waals surface area contributed by atoms with E-state index < -0.39 is 33.0 Å². The van der Waals surface area contributed by atoms with Crippen LogP contribution in [0.25, 0.3) is 0 Å². The number of ether oxygens (including phenoxy) is 1. The van der Waals surface area contributed by atoms with Crippen molar-refractivity contribution < 1.29 is 26.7 Å². The maximum atomic E-state index is 13.9. The van der Waals surface area contributed by atoms with E-state index in [4.69, 9.17) is 4.74 Å². The van der Waals surface area contributed by atoms with Crippen molar-refractivity contribution >= 4 is 21.4 Å². The minimum Gasteiger partial charge on any atom is -0.478 e. The molecule has 0 radical (unpaired) electrons. The zero-order valence-electron chi connectivity index (χ0n) is 13.8. The van der Waals surface area contributed by atoms with Gasteiger partial charge in [-0.3, -0.25) is 4.79 Å². The summed E-state index contributed by atoms with van der Waals surface area (Å²) >= 11 is 0. The van der Waals surface area contributed by atoms with Gasteiger partial charge in [0.2, 0.25) is 0 Å². The summed E-state index contributed by atoms with van der Waals surface area (Å²) < 4.78 is 55.4. The van der Waals surface area contributed by atoms with E-state index in [-0.39, 0.29) is 16.3 Å². The highest BCUT2D eigenvalue weighted by Gasteiger charge is 2.31. The topological polar surface area (TPSA) is 72.5 Å². The lowest BCUT2D eigenvalue weighted by Crippen LogP contribution is -2.42. The monoisotopic (exact) mass is 369 g/mol. The van der Waals surface area contributed by atoms with Crippen LogP contribution in [0.2, 0.25) is 0 Å². The first-order chi connectivity index (χ1) is 11.5. The minimum absolute atomic E-state index is 0.124. The number of sulfone groups is 1. The summed E-state index contributed by atoms with van der Waals surface area (Å²) in [7, 11) is -3.55. The first-order valence-electron chi connectivity index (χ1n) is 7.25. The summed E-state index contributed by atoms with van der Waals surface area (Å²) in [6, 6.07) is 8.18. The zero-order chi connectivity index (χ0) is 18.8. The minimum atomic E-state index is -3.55. The fourth-order valence-electron chi connectivity index (χ4n) is 1.95. The standard InChI is InChI=1S/C17H17F2NO4S/c1-17(2,24-12-6-4-11(18)5-7-12)16(21)20-15-10-13(25(3,22)23)8-9-14(15)19/h4-10H,1-3H3,(H,20,21). The largest absolute Gasteiger partial charge is 0.478 e. The molecule has 0 aliphatic carbocycles. The number of halogens is 2. The molecule has 2 aromatic carbocycles. The third-order valence-electron chi connectivity index (χ3n) is 3.35. The van der Waals surface area contributed by atoms with Gasteiger partial charge in [0.15, 0.2) is 15.4 Å². The third-order valence-corrected chi connectivity index (χ3v) is 4.46. The molecule has 0 heterocycles. The molecule has 2 rings (SSSR count). The molecular formula is C17H17F2NO4S. The molecule has 1 N–H and O–H groups in total. The van der Waals surface area contributed by atoms with Crippen molar-refractivity contribution in [3.8, 4) is 5.75 Å². The van der Waals surface area contributed by atoms with Crippen LogP contribution in [-0.2, 0) is 14.6 Å². The van der Waals surface area contributed by atoms with Crippen molar-refractivity contribution in [2.45, 2.75) is 24.3 Å².